The van der Waals surface area contributed by atoms with Crippen LogP contribution in [0.5, 0.6) is 17.2 Å². The molecule has 6 heteroatoms. The quantitative estimate of drug-likeness (QED) is 0.768. The zero-order valence-electron chi connectivity index (χ0n) is 16.0. The van der Waals surface area contributed by atoms with Gasteiger partial charge in [-0.15, -0.1) is 0 Å². The van der Waals surface area contributed by atoms with Crippen LogP contribution in [0.2, 0.25) is 0 Å². The predicted octanol–water partition coefficient (Wildman–Crippen LogP) is 3.27. The van der Waals surface area contributed by atoms with Crippen molar-refractivity contribution in [1.29, 1.82) is 0 Å². The summed E-state index contributed by atoms with van der Waals surface area (Å²) in [6.07, 6.45) is 3.39. The number of rotatable bonds is 7. The minimum atomic E-state index is -0.469. The number of amides is 1. The van der Waals surface area contributed by atoms with Gasteiger partial charge in [-0.05, 0) is 55.9 Å². The van der Waals surface area contributed by atoms with Crippen molar-refractivity contribution in [3.63, 3.8) is 0 Å². The normalized spacial score (nSPS) is 21.5. The second-order valence-corrected chi connectivity index (χ2v) is 7.50. The maximum Gasteiger partial charge on any atom is 0.255 e. The fraction of sp³-hybridized carbons (Fsp3) is 0.409. The molecular formula is C22H26N2O4. The molecule has 0 bridgehead atoms. The Morgan fingerprint density at radius 2 is 2.04 bits per heavy atom. The average molecular weight is 382 g/mol. The fourth-order valence-electron chi connectivity index (χ4n) is 4.16. The molecule has 1 amide bonds. The Labute approximate surface area is 165 Å². The summed E-state index contributed by atoms with van der Waals surface area (Å²) in [5.74, 6) is 2.42. The summed E-state index contributed by atoms with van der Waals surface area (Å²) in [7, 11) is 0. The number of hydrogen-bond acceptors (Lipinski definition) is 5. The van der Waals surface area contributed by atoms with Gasteiger partial charge in [0.2, 0.25) is 6.79 Å². The lowest BCUT2D eigenvalue weighted by atomic mass is 9.97. The molecule has 28 heavy (non-hydrogen) atoms. The minimum Gasteiger partial charge on any atom is -0.484 e. The van der Waals surface area contributed by atoms with Gasteiger partial charge in [0.05, 0.1) is 0 Å². The molecule has 1 fully saturated rings. The Hall–Kier alpha value is -2.73. The van der Waals surface area contributed by atoms with E-state index in [4.69, 9.17) is 19.9 Å². The van der Waals surface area contributed by atoms with E-state index in [9.17, 15) is 4.79 Å². The molecule has 4 rings (SSSR count). The van der Waals surface area contributed by atoms with Gasteiger partial charge in [-0.1, -0.05) is 24.3 Å². The van der Waals surface area contributed by atoms with Crippen LogP contribution < -0.4 is 25.3 Å². The SMILES string of the molecule is C[C@@H](N[C@@H]1CCC(c2ccc(OCC(N)=O)cc2)C1)c1cccc2c1OCO2. The summed E-state index contributed by atoms with van der Waals surface area (Å²) in [5, 5.41) is 3.76. The Bertz CT molecular complexity index is 837. The van der Waals surface area contributed by atoms with E-state index in [1.165, 1.54) is 5.56 Å². The van der Waals surface area contributed by atoms with Crippen molar-refractivity contribution in [3.8, 4) is 17.2 Å². The predicted molar refractivity (Wildman–Crippen MR) is 106 cm³/mol. The van der Waals surface area contributed by atoms with Crippen LogP contribution in [0, 0.1) is 0 Å². The van der Waals surface area contributed by atoms with Crippen LogP contribution in [0.1, 0.15) is 49.3 Å². The molecule has 3 atom stereocenters. The number of fused-ring (bicyclic) bond motifs is 1. The van der Waals surface area contributed by atoms with E-state index in [2.05, 4.69) is 30.4 Å². The van der Waals surface area contributed by atoms with E-state index < -0.39 is 5.91 Å². The van der Waals surface area contributed by atoms with Crippen LogP contribution in [0.3, 0.4) is 0 Å². The lowest BCUT2D eigenvalue weighted by Gasteiger charge is -2.21. The molecule has 1 heterocycles. The first-order valence-corrected chi connectivity index (χ1v) is 9.76. The number of para-hydroxylation sites is 1. The van der Waals surface area contributed by atoms with Crippen molar-refractivity contribution >= 4 is 5.91 Å². The largest absolute Gasteiger partial charge is 0.484 e. The van der Waals surface area contributed by atoms with Crippen LogP contribution in [-0.2, 0) is 4.79 Å². The van der Waals surface area contributed by atoms with E-state index in [1.54, 1.807) is 0 Å². The standard InChI is InChI=1S/C22H26N2O4/c1-14(19-3-2-4-20-22(19)28-13-27-20)24-17-8-5-16(11-17)15-6-9-18(10-7-15)26-12-21(23)25/h2-4,6-7,9-10,14,16-17,24H,5,8,11-13H2,1H3,(H2,23,25)/t14-,16?,17-/m1/s1. The smallest absolute Gasteiger partial charge is 0.255 e. The third-order valence-electron chi connectivity index (χ3n) is 5.54. The van der Waals surface area contributed by atoms with Crippen LogP contribution in [-0.4, -0.2) is 25.3 Å². The van der Waals surface area contributed by atoms with Crippen molar-refractivity contribution in [1.82, 2.24) is 5.32 Å². The van der Waals surface area contributed by atoms with Gasteiger partial charge in [0.1, 0.15) is 5.75 Å². The minimum absolute atomic E-state index is 0.0927. The molecule has 0 saturated heterocycles. The van der Waals surface area contributed by atoms with Crippen LogP contribution in [0.25, 0.3) is 0 Å². The lowest BCUT2D eigenvalue weighted by Crippen LogP contribution is -2.29. The number of carbonyl (C=O) groups excluding carboxylic acids is 1. The first-order valence-electron chi connectivity index (χ1n) is 9.76. The molecule has 1 unspecified atom stereocenters. The van der Waals surface area contributed by atoms with Crippen LogP contribution >= 0.6 is 0 Å². The monoisotopic (exact) mass is 382 g/mol. The van der Waals surface area contributed by atoms with Gasteiger partial charge < -0.3 is 25.3 Å². The molecule has 0 radical (unpaired) electrons. The van der Waals surface area contributed by atoms with Gasteiger partial charge >= 0.3 is 0 Å². The third kappa shape index (κ3) is 4.07. The summed E-state index contributed by atoms with van der Waals surface area (Å²) < 4.78 is 16.5. The first-order chi connectivity index (χ1) is 13.6. The second kappa shape index (κ2) is 8.10. The highest BCUT2D eigenvalue weighted by molar-refractivity contribution is 5.75. The molecule has 6 nitrogen and oxygen atoms in total. The molecule has 1 aliphatic heterocycles. The highest BCUT2D eigenvalue weighted by Gasteiger charge is 2.28. The van der Waals surface area contributed by atoms with Gasteiger partial charge in [0.15, 0.2) is 18.1 Å². The summed E-state index contributed by atoms with van der Waals surface area (Å²) in [4.78, 5) is 10.8. The maximum atomic E-state index is 10.8. The zero-order valence-corrected chi connectivity index (χ0v) is 16.0. The molecule has 148 valence electrons. The van der Waals surface area contributed by atoms with Crippen molar-refractivity contribution in [2.24, 2.45) is 5.73 Å². The molecule has 2 aliphatic rings. The number of nitrogens with two attached hydrogens (primary N) is 1. The highest BCUT2D eigenvalue weighted by atomic mass is 16.7. The Balaban J connectivity index is 1.34. The Kier molecular flexibility index (Phi) is 5.39. The summed E-state index contributed by atoms with van der Waals surface area (Å²) in [6.45, 7) is 2.38. The Morgan fingerprint density at radius 3 is 2.82 bits per heavy atom. The second-order valence-electron chi connectivity index (χ2n) is 7.50. The maximum absolute atomic E-state index is 10.8. The van der Waals surface area contributed by atoms with Crippen LogP contribution in [0.15, 0.2) is 42.5 Å². The third-order valence-corrected chi connectivity index (χ3v) is 5.54. The van der Waals surface area contributed by atoms with E-state index in [0.717, 1.165) is 36.3 Å². The fourth-order valence-corrected chi connectivity index (χ4v) is 4.16. The molecule has 0 aromatic heterocycles. The van der Waals surface area contributed by atoms with Gasteiger partial charge in [0.25, 0.3) is 5.91 Å². The molecule has 2 aromatic rings. The summed E-state index contributed by atoms with van der Waals surface area (Å²) in [6, 6.07) is 14.7. The number of benzene rings is 2. The molecule has 2 aromatic carbocycles. The molecule has 1 saturated carbocycles. The number of hydrogen-bond donors (Lipinski definition) is 2. The first kappa shape index (κ1) is 18.6. The number of primary amides is 1. The zero-order chi connectivity index (χ0) is 19.5. The number of nitrogens with one attached hydrogen (secondary N) is 1. The van der Waals surface area contributed by atoms with E-state index in [-0.39, 0.29) is 12.6 Å². The average Bonchev–Trinajstić information content (AvgIpc) is 3.35. The molecule has 3 N–H and O–H groups in total. The molecular weight excluding hydrogens is 356 g/mol. The van der Waals surface area contributed by atoms with Gasteiger partial charge in [-0.3, -0.25) is 4.79 Å². The Morgan fingerprint density at radius 1 is 1.21 bits per heavy atom. The van der Waals surface area contributed by atoms with E-state index in [1.807, 2.05) is 24.3 Å². The lowest BCUT2D eigenvalue weighted by molar-refractivity contribution is -0.119. The molecule has 1 aliphatic carbocycles. The van der Waals surface area contributed by atoms with Gasteiger partial charge in [-0.2, -0.15) is 0 Å². The number of carbonyl (C=O) groups is 1. The summed E-state index contributed by atoms with van der Waals surface area (Å²) in [5.41, 5.74) is 7.56. The van der Waals surface area contributed by atoms with Gasteiger partial charge in [0, 0.05) is 17.6 Å². The van der Waals surface area contributed by atoms with Crippen molar-refractivity contribution in [2.75, 3.05) is 13.4 Å². The topological polar surface area (TPSA) is 82.8 Å². The van der Waals surface area contributed by atoms with Crippen molar-refractivity contribution in [3.05, 3.63) is 53.6 Å². The van der Waals surface area contributed by atoms with Crippen LogP contribution in [0.4, 0.5) is 0 Å². The summed E-state index contributed by atoms with van der Waals surface area (Å²) >= 11 is 0. The van der Waals surface area contributed by atoms with E-state index in [0.29, 0.717) is 24.5 Å². The molecule has 0 spiro atoms. The highest BCUT2D eigenvalue weighted by Crippen LogP contribution is 2.40. The van der Waals surface area contributed by atoms with Crippen molar-refractivity contribution in [2.45, 2.75) is 44.2 Å². The number of ether oxygens (including phenoxy) is 3. The van der Waals surface area contributed by atoms with Crippen molar-refractivity contribution < 1.29 is 19.0 Å². The van der Waals surface area contributed by atoms with E-state index >= 15 is 0 Å². The van der Waals surface area contributed by atoms with Gasteiger partial charge in [-0.25, -0.2) is 0 Å².